The topological polar surface area (TPSA) is 49.6 Å². The first-order valence-corrected chi connectivity index (χ1v) is 5.96. The third-order valence-electron chi connectivity index (χ3n) is 3.55. The van der Waals surface area contributed by atoms with Gasteiger partial charge >= 0.3 is 6.03 Å². The Morgan fingerprint density at radius 1 is 1.12 bits per heavy atom. The van der Waals surface area contributed by atoms with Gasteiger partial charge in [0.15, 0.2) is 0 Å². The monoisotopic (exact) mass is 247 g/mol. The Kier molecular flexibility index (Phi) is 4.87. The summed E-state index contributed by atoms with van der Waals surface area (Å²) in [5.74, 6) is 0.773. The van der Waals surface area contributed by atoms with Gasteiger partial charge in [-0.05, 0) is 25.2 Å². The highest BCUT2D eigenvalue weighted by molar-refractivity contribution is 5.85. The van der Waals surface area contributed by atoms with Crippen molar-refractivity contribution in [3.05, 3.63) is 0 Å². The molecule has 16 heavy (non-hydrogen) atoms. The van der Waals surface area contributed by atoms with E-state index in [4.69, 9.17) is 5.73 Å². The maximum absolute atomic E-state index is 12.0. The number of hydrogen-bond donors (Lipinski definition) is 1. The van der Waals surface area contributed by atoms with Gasteiger partial charge in [0.25, 0.3) is 0 Å². The summed E-state index contributed by atoms with van der Waals surface area (Å²) in [6, 6.07) is 0.396. The van der Waals surface area contributed by atoms with E-state index in [1.807, 2.05) is 9.80 Å². The quantitative estimate of drug-likeness (QED) is 0.701. The van der Waals surface area contributed by atoms with Crippen LogP contribution in [0.2, 0.25) is 0 Å². The first kappa shape index (κ1) is 13.6. The fourth-order valence-corrected chi connectivity index (χ4v) is 2.36. The van der Waals surface area contributed by atoms with Gasteiger partial charge in [-0.3, -0.25) is 0 Å². The molecule has 2 fully saturated rings. The number of rotatable bonds is 0. The number of piperidine rings is 1. The maximum Gasteiger partial charge on any atom is 0.320 e. The van der Waals surface area contributed by atoms with Crippen LogP contribution in [0.4, 0.5) is 4.79 Å². The van der Waals surface area contributed by atoms with Crippen LogP contribution in [-0.4, -0.2) is 48.1 Å². The first-order chi connectivity index (χ1) is 7.16. The fourth-order valence-electron chi connectivity index (χ4n) is 2.36. The Labute approximate surface area is 104 Å². The van der Waals surface area contributed by atoms with E-state index in [9.17, 15) is 4.79 Å². The highest BCUT2D eigenvalue weighted by atomic mass is 35.5. The van der Waals surface area contributed by atoms with Gasteiger partial charge in [-0.1, -0.05) is 6.92 Å². The average molecular weight is 248 g/mol. The zero-order chi connectivity index (χ0) is 10.8. The lowest BCUT2D eigenvalue weighted by atomic mass is 10.00. The number of likely N-dealkylation sites (tertiary alicyclic amines) is 2. The molecule has 2 saturated heterocycles. The summed E-state index contributed by atoms with van der Waals surface area (Å²) in [6.45, 7) is 5.68. The molecule has 0 radical (unpaired) electrons. The van der Waals surface area contributed by atoms with E-state index in [2.05, 4.69) is 6.92 Å². The molecule has 2 N–H and O–H groups in total. The molecule has 1 atom stereocenters. The van der Waals surface area contributed by atoms with Crippen molar-refractivity contribution in [2.45, 2.75) is 32.2 Å². The zero-order valence-electron chi connectivity index (χ0n) is 9.89. The van der Waals surface area contributed by atoms with E-state index in [1.54, 1.807) is 0 Å². The molecule has 0 aromatic rings. The zero-order valence-corrected chi connectivity index (χ0v) is 10.7. The molecule has 2 aliphatic rings. The Balaban J connectivity index is 0.00000128. The standard InChI is InChI=1S/C11H21N3O.ClH/c1-9-2-5-13(6-3-9)11(15)14-7-4-10(12)8-14;/h9-10H,2-8,12H2,1H3;1H. The second-order valence-corrected chi connectivity index (χ2v) is 4.95. The number of amides is 2. The normalized spacial score (nSPS) is 26.8. The van der Waals surface area contributed by atoms with Gasteiger partial charge in [0, 0.05) is 32.2 Å². The van der Waals surface area contributed by atoms with Crippen LogP contribution < -0.4 is 5.73 Å². The van der Waals surface area contributed by atoms with Gasteiger partial charge in [-0.25, -0.2) is 4.79 Å². The second kappa shape index (κ2) is 5.73. The lowest BCUT2D eigenvalue weighted by molar-refractivity contribution is 0.142. The molecule has 94 valence electrons. The summed E-state index contributed by atoms with van der Waals surface area (Å²) in [4.78, 5) is 15.9. The molecule has 4 nitrogen and oxygen atoms in total. The molecule has 2 rings (SSSR count). The van der Waals surface area contributed by atoms with Crippen LogP contribution in [0.5, 0.6) is 0 Å². The lowest BCUT2D eigenvalue weighted by Gasteiger charge is -2.33. The minimum absolute atomic E-state index is 0. The van der Waals surface area contributed by atoms with Crippen molar-refractivity contribution < 1.29 is 4.79 Å². The van der Waals surface area contributed by atoms with Crippen molar-refractivity contribution in [1.82, 2.24) is 9.80 Å². The van der Waals surface area contributed by atoms with Crippen LogP contribution in [0, 0.1) is 5.92 Å². The number of nitrogens with zero attached hydrogens (tertiary/aromatic N) is 2. The predicted octanol–water partition coefficient (Wildman–Crippen LogP) is 1.29. The molecule has 2 aliphatic heterocycles. The van der Waals surface area contributed by atoms with E-state index in [0.717, 1.165) is 51.4 Å². The Morgan fingerprint density at radius 3 is 2.19 bits per heavy atom. The predicted molar refractivity (Wildman–Crippen MR) is 66.8 cm³/mol. The van der Waals surface area contributed by atoms with E-state index < -0.39 is 0 Å². The van der Waals surface area contributed by atoms with Crippen molar-refractivity contribution in [1.29, 1.82) is 0 Å². The Bertz CT molecular complexity index is 241. The molecule has 0 aromatic heterocycles. The highest BCUT2D eigenvalue weighted by Crippen LogP contribution is 2.18. The number of carbonyl (C=O) groups excluding carboxylic acids is 1. The summed E-state index contributed by atoms with van der Waals surface area (Å²) in [6.07, 6.45) is 3.24. The van der Waals surface area contributed by atoms with Crippen LogP contribution in [0.1, 0.15) is 26.2 Å². The van der Waals surface area contributed by atoms with Crippen molar-refractivity contribution in [2.75, 3.05) is 26.2 Å². The van der Waals surface area contributed by atoms with Crippen molar-refractivity contribution >= 4 is 18.4 Å². The molecular formula is C11H22ClN3O. The molecule has 0 aromatic carbocycles. The number of nitrogens with two attached hydrogens (primary N) is 1. The highest BCUT2D eigenvalue weighted by Gasteiger charge is 2.29. The number of urea groups is 1. The number of carbonyl (C=O) groups is 1. The molecule has 0 spiro atoms. The Hall–Kier alpha value is -0.480. The number of halogens is 1. The molecule has 2 heterocycles. The maximum atomic E-state index is 12.0. The largest absolute Gasteiger partial charge is 0.326 e. The van der Waals surface area contributed by atoms with Gasteiger partial charge in [0.05, 0.1) is 0 Å². The van der Waals surface area contributed by atoms with Gasteiger partial charge in [-0.2, -0.15) is 0 Å². The molecule has 0 bridgehead atoms. The molecule has 5 heteroatoms. The van der Waals surface area contributed by atoms with Gasteiger partial charge < -0.3 is 15.5 Å². The lowest BCUT2D eigenvalue weighted by Crippen LogP contribution is -2.46. The Morgan fingerprint density at radius 2 is 1.69 bits per heavy atom. The van der Waals surface area contributed by atoms with E-state index >= 15 is 0 Å². The summed E-state index contributed by atoms with van der Waals surface area (Å²) in [7, 11) is 0. The summed E-state index contributed by atoms with van der Waals surface area (Å²) < 4.78 is 0. The van der Waals surface area contributed by atoms with Crippen LogP contribution in [0.3, 0.4) is 0 Å². The SMILES string of the molecule is CC1CCN(C(=O)N2CCC(N)C2)CC1.Cl. The van der Waals surface area contributed by atoms with Crippen molar-refractivity contribution in [3.63, 3.8) is 0 Å². The van der Waals surface area contributed by atoms with Crippen molar-refractivity contribution in [3.8, 4) is 0 Å². The summed E-state index contributed by atoms with van der Waals surface area (Å²) in [5.41, 5.74) is 5.80. The second-order valence-electron chi connectivity index (χ2n) is 4.95. The van der Waals surface area contributed by atoms with E-state index in [-0.39, 0.29) is 24.5 Å². The van der Waals surface area contributed by atoms with Crippen LogP contribution in [-0.2, 0) is 0 Å². The summed E-state index contributed by atoms with van der Waals surface area (Å²) in [5, 5.41) is 0. The fraction of sp³-hybridized carbons (Fsp3) is 0.909. The molecule has 2 amide bonds. The van der Waals surface area contributed by atoms with Crippen LogP contribution >= 0.6 is 12.4 Å². The van der Waals surface area contributed by atoms with Gasteiger partial charge in [0.2, 0.25) is 0 Å². The summed E-state index contributed by atoms with van der Waals surface area (Å²) >= 11 is 0. The van der Waals surface area contributed by atoms with E-state index in [0.29, 0.717) is 0 Å². The minimum atomic E-state index is 0. The molecule has 0 saturated carbocycles. The molecule has 1 unspecified atom stereocenters. The number of hydrogen-bond acceptors (Lipinski definition) is 2. The average Bonchev–Trinajstić information content (AvgIpc) is 2.65. The molecular weight excluding hydrogens is 226 g/mol. The van der Waals surface area contributed by atoms with E-state index in [1.165, 1.54) is 0 Å². The first-order valence-electron chi connectivity index (χ1n) is 5.96. The smallest absolute Gasteiger partial charge is 0.320 e. The minimum Gasteiger partial charge on any atom is -0.326 e. The van der Waals surface area contributed by atoms with Gasteiger partial charge in [-0.15, -0.1) is 12.4 Å². The van der Waals surface area contributed by atoms with Gasteiger partial charge in [0.1, 0.15) is 0 Å². The van der Waals surface area contributed by atoms with Crippen LogP contribution in [0.15, 0.2) is 0 Å². The van der Waals surface area contributed by atoms with Crippen LogP contribution in [0.25, 0.3) is 0 Å². The third kappa shape index (κ3) is 3.01. The molecule has 0 aliphatic carbocycles. The van der Waals surface area contributed by atoms with Crippen molar-refractivity contribution in [2.24, 2.45) is 11.7 Å². The third-order valence-corrected chi connectivity index (χ3v) is 3.55.